The second-order valence-corrected chi connectivity index (χ2v) is 7.35. The summed E-state index contributed by atoms with van der Waals surface area (Å²) in [6.07, 6.45) is 13.6. The van der Waals surface area contributed by atoms with Crippen LogP contribution in [0, 0.1) is 0 Å². The van der Waals surface area contributed by atoms with E-state index in [4.69, 9.17) is 9.47 Å². The summed E-state index contributed by atoms with van der Waals surface area (Å²) in [6.45, 7) is 5.17. The van der Waals surface area contributed by atoms with E-state index in [1.807, 2.05) is 0 Å². The van der Waals surface area contributed by atoms with Crippen LogP contribution in [-0.4, -0.2) is 54.7 Å². The van der Waals surface area contributed by atoms with E-state index in [1.54, 1.807) is 24.3 Å². The van der Waals surface area contributed by atoms with Gasteiger partial charge in [-0.05, 0) is 25.0 Å². The molecule has 0 atom stereocenters. The van der Waals surface area contributed by atoms with Gasteiger partial charge in [0.15, 0.2) is 0 Å². The monoisotopic (exact) mass is 413 g/mol. The Kier molecular flexibility index (Phi) is 18.6. The molecule has 0 fully saturated rings. The van der Waals surface area contributed by atoms with Crippen LogP contribution in [0.2, 0.25) is 0 Å². The van der Waals surface area contributed by atoms with Gasteiger partial charge in [0, 0.05) is 29.6 Å². The standard InChI is InChI=1S/C24H38O4.Na/c1-3-5-7-9-11-15-19-27-23(25)21-17-13-14-18-22(21)24(26)28-20-16-12-10-8-6-4-2;/h13-14,17-18H,3-12,15-16,19-20H2,1-2H3;. The summed E-state index contributed by atoms with van der Waals surface area (Å²) in [5, 5.41) is 0. The van der Waals surface area contributed by atoms with Crippen LogP contribution in [0.4, 0.5) is 0 Å². The van der Waals surface area contributed by atoms with E-state index in [2.05, 4.69) is 13.8 Å². The molecule has 1 aromatic carbocycles. The summed E-state index contributed by atoms with van der Waals surface area (Å²) in [5.41, 5.74) is 0.586. The zero-order valence-corrected chi connectivity index (χ0v) is 20.8. The Morgan fingerprint density at radius 3 is 1.34 bits per heavy atom. The summed E-state index contributed by atoms with van der Waals surface area (Å²) in [4.78, 5) is 24.7. The summed E-state index contributed by atoms with van der Waals surface area (Å²) < 4.78 is 10.7. The van der Waals surface area contributed by atoms with Gasteiger partial charge in [0.25, 0.3) is 0 Å². The minimum absolute atomic E-state index is 0. The summed E-state index contributed by atoms with van der Waals surface area (Å²) in [6, 6.07) is 6.74. The van der Waals surface area contributed by atoms with Gasteiger partial charge in [0.1, 0.15) is 0 Å². The van der Waals surface area contributed by atoms with Crippen molar-refractivity contribution in [2.45, 2.75) is 90.9 Å². The average molecular weight is 414 g/mol. The predicted octanol–water partition coefficient (Wildman–Crippen LogP) is 6.34. The first-order valence-corrected chi connectivity index (χ1v) is 11.1. The third-order valence-electron chi connectivity index (χ3n) is 4.83. The molecule has 0 bridgehead atoms. The number of carbonyl (C=O) groups is 2. The van der Waals surface area contributed by atoms with Crippen molar-refractivity contribution in [3.05, 3.63) is 35.4 Å². The van der Waals surface area contributed by atoms with Gasteiger partial charge in [-0.3, -0.25) is 0 Å². The minimum atomic E-state index is -0.444. The molecule has 1 radical (unpaired) electrons. The van der Waals surface area contributed by atoms with Gasteiger partial charge >= 0.3 is 11.9 Å². The maximum atomic E-state index is 12.4. The summed E-state index contributed by atoms with van der Waals surface area (Å²) >= 11 is 0. The van der Waals surface area contributed by atoms with Crippen LogP contribution >= 0.6 is 0 Å². The number of esters is 2. The SMILES string of the molecule is CCCCCCCCOC(=O)c1ccccc1C(=O)OCCCCCCCC.[Na]. The van der Waals surface area contributed by atoms with Gasteiger partial charge in [-0.1, -0.05) is 90.2 Å². The van der Waals surface area contributed by atoms with Gasteiger partial charge in [0.2, 0.25) is 0 Å². The Morgan fingerprint density at radius 1 is 0.621 bits per heavy atom. The Balaban J connectivity index is 0.00000784. The molecule has 0 saturated carbocycles. The number of unbranched alkanes of at least 4 members (excludes halogenated alkanes) is 10. The third-order valence-corrected chi connectivity index (χ3v) is 4.83. The molecule has 4 nitrogen and oxygen atoms in total. The normalized spacial score (nSPS) is 10.3. The van der Waals surface area contributed by atoms with E-state index in [1.165, 1.54) is 51.4 Å². The molecule has 0 amide bonds. The van der Waals surface area contributed by atoms with E-state index >= 15 is 0 Å². The van der Waals surface area contributed by atoms with Crippen molar-refractivity contribution >= 4 is 41.5 Å². The van der Waals surface area contributed by atoms with E-state index in [0.29, 0.717) is 24.3 Å². The smallest absolute Gasteiger partial charge is 0.339 e. The van der Waals surface area contributed by atoms with Crippen molar-refractivity contribution in [3.8, 4) is 0 Å². The van der Waals surface area contributed by atoms with Crippen LogP contribution in [0.5, 0.6) is 0 Å². The average Bonchev–Trinajstić information content (AvgIpc) is 2.72. The largest absolute Gasteiger partial charge is 0.462 e. The molecule has 5 heteroatoms. The molecule has 1 aromatic rings. The van der Waals surface area contributed by atoms with Crippen LogP contribution in [0.1, 0.15) is 112 Å². The fourth-order valence-corrected chi connectivity index (χ4v) is 3.09. The Hall–Kier alpha value is -0.840. The number of hydrogen-bond donors (Lipinski definition) is 0. The number of rotatable bonds is 16. The van der Waals surface area contributed by atoms with E-state index in [-0.39, 0.29) is 29.6 Å². The first-order chi connectivity index (χ1) is 13.7. The summed E-state index contributed by atoms with van der Waals surface area (Å²) in [5.74, 6) is -0.888. The van der Waals surface area contributed by atoms with Crippen molar-refractivity contribution in [3.63, 3.8) is 0 Å². The number of carbonyl (C=O) groups excluding carboxylic acids is 2. The quantitative estimate of drug-likeness (QED) is 0.180. The van der Waals surface area contributed by atoms with Gasteiger partial charge in [0.05, 0.1) is 24.3 Å². The number of hydrogen-bond acceptors (Lipinski definition) is 4. The maximum absolute atomic E-state index is 12.4. The number of benzene rings is 1. The van der Waals surface area contributed by atoms with Crippen molar-refractivity contribution < 1.29 is 19.1 Å². The molecule has 159 valence electrons. The van der Waals surface area contributed by atoms with Gasteiger partial charge in [-0.2, -0.15) is 0 Å². The van der Waals surface area contributed by atoms with Crippen LogP contribution in [0.25, 0.3) is 0 Å². The van der Waals surface area contributed by atoms with Crippen LogP contribution in [0.3, 0.4) is 0 Å². The molecule has 0 aliphatic carbocycles. The molecule has 0 heterocycles. The van der Waals surface area contributed by atoms with E-state index < -0.39 is 11.9 Å². The van der Waals surface area contributed by atoms with Crippen LogP contribution in [-0.2, 0) is 9.47 Å². The molecule has 0 aliphatic rings. The Morgan fingerprint density at radius 2 is 0.966 bits per heavy atom. The minimum Gasteiger partial charge on any atom is -0.462 e. The molecular formula is C24H38NaO4. The zero-order chi connectivity index (χ0) is 20.5. The molecule has 0 aromatic heterocycles. The topological polar surface area (TPSA) is 52.6 Å². The molecule has 0 unspecified atom stereocenters. The van der Waals surface area contributed by atoms with Crippen molar-refractivity contribution in [1.82, 2.24) is 0 Å². The Bertz CT molecular complexity index is 511. The van der Waals surface area contributed by atoms with Gasteiger partial charge in [-0.25, -0.2) is 9.59 Å². The van der Waals surface area contributed by atoms with Gasteiger partial charge < -0.3 is 9.47 Å². The number of ether oxygens (including phenoxy) is 2. The molecule has 0 saturated heterocycles. The second kappa shape index (κ2) is 19.1. The fraction of sp³-hybridized carbons (Fsp3) is 0.667. The van der Waals surface area contributed by atoms with Crippen LogP contribution < -0.4 is 0 Å². The fourth-order valence-electron chi connectivity index (χ4n) is 3.09. The molecule has 1 rings (SSSR count). The summed E-state index contributed by atoms with van der Waals surface area (Å²) in [7, 11) is 0. The molecule has 0 N–H and O–H groups in total. The molecule has 29 heavy (non-hydrogen) atoms. The maximum Gasteiger partial charge on any atom is 0.339 e. The first kappa shape index (κ1) is 28.2. The van der Waals surface area contributed by atoms with Crippen molar-refractivity contribution in [2.24, 2.45) is 0 Å². The Labute approximate surface area is 199 Å². The predicted molar refractivity (Wildman–Crippen MR) is 120 cm³/mol. The van der Waals surface area contributed by atoms with E-state index in [0.717, 1.165) is 25.7 Å². The molecule has 0 aliphatic heterocycles. The van der Waals surface area contributed by atoms with Crippen molar-refractivity contribution in [2.75, 3.05) is 13.2 Å². The second-order valence-electron chi connectivity index (χ2n) is 7.35. The zero-order valence-electron chi connectivity index (χ0n) is 18.8. The molecule has 0 spiro atoms. The third kappa shape index (κ3) is 13.1. The first-order valence-electron chi connectivity index (χ1n) is 11.1. The van der Waals surface area contributed by atoms with E-state index in [9.17, 15) is 9.59 Å². The van der Waals surface area contributed by atoms with Gasteiger partial charge in [-0.15, -0.1) is 0 Å². The van der Waals surface area contributed by atoms with Crippen molar-refractivity contribution in [1.29, 1.82) is 0 Å². The van der Waals surface area contributed by atoms with Crippen LogP contribution in [0.15, 0.2) is 24.3 Å². The molecular weight excluding hydrogens is 375 g/mol.